The molecule has 2 atom stereocenters. The summed E-state index contributed by atoms with van der Waals surface area (Å²) in [4.78, 5) is 22.8. The summed E-state index contributed by atoms with van der Waals surface area (Å²) in [5, 5.41) is 2.60. The normalized spacial score (nSPS) is 29.9. The van der Waals surface area contributed by atoms with Crippen molar-refractivity contribution in [3.8, 4) is 0 Å². The molecule has 5 heteroatoms. The topological polar surface area (TPSA) is 64.6 Å². The van der Waals surface area contributed by atoms with Crippen LogP contribution in [0.5, 0.6) is 0 Å². The number of nitrogens with one attached hydrogen (secondary N) is 1. The quantitative estimate of drug-likeness (QED) is 0.500. The lowest BCUT2D eigenvalue weighted by atomic mass is 9.80. The standard InChI is InChI=1S/C9H15NO4/c1-9(2)5(7(12)13-3)6(11)10-8(9)14-4/h5,8H,1-4H3,(H,10,11). The lowest BCUT2D eigenvalue weighted by Crippen LogP contribution is -2.38. The maximum absolute atomic E-state index is 11.5. The second-order valence-electron chi connectivity index (χ2n) is 3.90. The van der Waals surface area contributed by atoms with Gasteiger partial charge in [-0.1, -0.05) is 13.8 Å². The first-order valence-corrected chi connectivity index (χ1v) is 4.36. The summed E-state index contributed by atoms with van der Waals surface area (Å²) in [6.07, 6.45) is -0.445. The second kappa shape index (κ2) is 3.57. The van der Waals surface area contributed by atoms with Gasteiger partial charge in [0.05, 0.1) is 7.11 Å². The van der Waals surface area contributed by atoms with Crippen molar-refractivity contribution in [1.82, 2.24) is 5.32 Å². The van der Waals surface area contributed by atoms with Gasteiger partial charge < -0.3 is 14.8 Å². The summed E-state index contributed by atoms with van der Waals surface area (Å²) in [7, 11) is 2.76. The molecule has 0 aromatic rings. The number of esters is 1. The molecule has 1 heterocycles. The van der Waals surface area contributed by atoms with Crippen molar-refractivity contribution in [2.75, 3.05) is 14.2 Å². The van der Waals surface area contributed by atoms with E-state index in [-0.39, 0.29) is 5.91 Å². The van der Waals surface area contributed by atoms with Crippen molar-refractivity contribution < 1.29 is 19.1 Å². The third kappa shape index (κ3) is 1.48. The third-order valence-corrected chi connectivity index (χ3v) is 2.63. The van der Waals surface area contributed by atoms with Gasteiger partial charge in [-0.15, -0.1) is 0 Å². The number of carbonyl (C=O) groups is 2. The SMILES string of the molecule is COC(=O)C1C(=O)NC(OC)C1(C)C. The Morgan fingerprint density at radius 1 is 1.43 bits per heavy atom. The average Bonchev–Trinajstić information content (AvgIpc) is 2.35. The minimum absolute atomic E-state index is 0.339. The van der Waals surface area contributed by atoms with Gasteiger partial charge in [0.25, 0.3) is 0 Å². The summed E-state index contributed by atoms with van der Waals surface area (Å²) in [6.45, 7) is 3.58. The Morgan fingerprint density at radius 3 is 2.36 bits per heavy atom. The van der Waals surface area contributed by atoms with Crippen LogP contribution in [0.3, 0.4) is 0 Å². The summed E-state index contributed by atoms with van der Waals surface area (Å²) in [5.41, 5.74) is -0.584. The van der Waals surface area contributed by atoms with Crippen molar-refractivity contribution >= 4 is 11.9 Å². The van der Waals surface area contributed by atoms with Gasteiger partial charge in [0, 0.05) is 12.5 Å². The molecular weight excluding hydrogens is 186 g/mol. The molecule has 0 aromatic heterocycles. The zero-order chi connectivity index (χ0) is 10.9. The van der Waals surface area contributed by atoms with Crippen molar-refractivity contribution in [1.29, 1.82) is 0 Å². The molecule has 2 unspecified atom stereocenters. The van der Waals surface area contributed by atoms with Crippen LogP contribution in [-0.2, 0) is 19.1 Å². The van der Waals surface area contributed by atoms with Crippen LogP contribution in [0.2, 0.25) is 0 Å². The molecular formula is C9H15NO4. The van der Waals surface area contributed by atoms with Crippen molar-refractivity contribution in [3.63, 3.8) is 0 Å². The molecule has 1 aliphatic rings. The number of hydrogen-bond donors (Lipinski definition) is 1. The predicted molar refractivity (Wildman–Crippen MR) is 48.2 cm³/mol. The third-order valence-electron chi connectivity index (χ3n) is 2.63. The highest BCUT2D eigenvalue weighted by Crippen LogP contribution is 2.37. The zero-order valence-corrected chi connectivity index (χ0v) is 8.79. The minimum Gasteiger partial charge on any atom is -0.468 e. The summed E-state index contributed by atoms with van der Waals surface area (Å²) in [6, 6.07) is 0. The first-order valence-electron chi connectivity index (χ1n) is 4.36. The van der Waals surface area contributed by atoms with Crippen LogP contribution in [0.4, 0.5) is 0 Å². The van der Waals surface area contributed by atoms with E-state index in [0.29, 0.717) is 0 Å². The maximum atomic E-state index is 11.5. The number of carbonyl (C=O) groups excluding carboxylic acids is 2. The van der Waals surface area contributed by atoms with Gasteiger partial charge in [0.15, 0.2) is 0 Å². The van der Waals surface area contributed by atoms with Gasteiger partial charge >= 0.3 is 5.97 Å². The van der Waals surface area contributed by atoms with E-state index in [0.717, 1.165) is 0 Å². The molecule has 0 radical (unpaired) electrons. The molecule has 1 aliphatic heterocycles. The molecule has 0 spiro atoms. The fourth-order valence-corrected chi connectivity index (χ4v) is 1.78. The van der Waals surface area contributed by atoms with Crippen LogP contribution >= 0.6 is 0 Å². The lowest BCUT2D eigenvalue weighted by molar-refractivity contribution is -0.153. The van der Waals surface area contributed by atoms with Crippen LogP contribution in [0.1, 0.15) is 13.8 Å². The van der Waals surface area contributed by atoms with Crippen LogP contribution in [0.15, 0.2) is 0 Å². The molecule has 0 aliphatic carbocycles. The van der Waals surface area contributed by atoms with Crippen LogP contribution in [0, 0.1) is 11.3 Å². The smallest absolute Gasteiger partial charge is 0.318 e. The molecule has 1 amide bonds. The Hall–Kier alpha value is -1.10. The number of rotatable bonds is 2. The van der Waals surface area contributed by atoms with Crippen LogP contribution in [-0.4, -0.2) is 32.3 Å². The van der Waals surface area contributed by atoms with E-state index in [9.17, 15) is 9.59 Å². The maximum Gasteiger partial charge on any atom is 0.318 e. The van der Waals surface area contributed by atoms with E-state index >= 15 is 0 Å². The highest BCUT2D eigenvalue weighted by molar-refractivity contribution is 6.00. The van der Waals surface area contributed by atoms with E-state index in [1.807, 2.05) is 0 Å². The molecule has 5 nitrogen and oxygen atoms in total. The van der Waals surface area contributed by atoms with E-state index in [1.54, 1.807) is 13.8 Å². The predicted octanol–water partition coefficient (Wildman–Crippen LogP) is -0.0959. The molecule has 1 rings (SSSR count). The number of amides is 1. The zero-order valence-electron chi connectivity index (χ0n) is 8.79. The van der Waals surface area contributed by atoms with Crippen LogP contribution < -0.4 is 5.32 Å². The Labute approximate surface area is 82.8 Å². The largest absolute Gasteiger partial charge is 0.468 e. The van der Waals surface area contributed by atoms with E-state index in [2.05, 4.69) is 10.1 Å². The fraction of sp³-hybridized carbons (Fsp3) is 0.778. The van der Waals surface area contributed by atoms with Gasteiger partial charge in [-0.2, -0.15) is 0 Å². The van der Waals surface area contributed by atoms with Gasteiger partial charge in [-0.05, 0) is 0 Å². The molecule has 0 aromatic carbocycles. The Morgan fingerprint density at radius 2 is 2.00 bits per heavy atom. The summed E-state index contributed by atoms with van der Waals surface area (Å²) in [5.74, 6) is -1.65. The first kappa shape index (κ1) is 11.0. The van der Waals surface area contributed by atoms with Crippen LogP contribution in [0.25, 0.3) is 0 Å². The lowest BCUT2D eigenvalue weighted by Gasteiger charge is -2.27. The number of methoxy groups -OCH3 is 2. The van der Waals surface area contributed by atoms with Crippen molar-refractivity contribution in [3.05, 3.63) is 0 Å². The average molecular weight is 201 g/mol. The molecule has 14 heavy (non-hydrogen) atoms. The monoisotopic (exact) mass is 201 g/mol. The number of ether oxygens (including phenoxy) is 2. The molecule has 0 saturated carbocycles. The van der Waals surface area contributed by atoms with E-state index < -0.39 is 23.5 Å². The van der Waals surface area contributed by atoms with Crippen molar-refractivity contribution in [2.45, 2.75) is 20.1 Å². The van der Waals surface area contributed by atoms with Gasteiger partial charge in [0.1, 0.15) is 12.1 Å². The van der Waals surface area contributed by atoms with E-state index in [4.69, 9.17) is 4.74 Å². The highest BCUT2D eigenvalue weighted by atomic mass is 16.5. The summed E-state index contributed by atoms with van der Waals surface area (Å²) >= 11 is 0. The minimum atomic E-state index is -0.794. The summed E-state index contributed by atoms with van der Waals surface area (Å²) < 4.78 is 9.66. The highest BCUT2D eigenvalue weighted by Gasteiger charge is 2.53. The molecule has 1 saturated heterocycles. The molecule has 1 N–H and O–H groups in total. The fourth-order valence-electron chi connectivity index (χ4n) is 1.78. The van der Waals surface area contributed by atoms with Gasteiger partial charge in [-0.3, -0.25) is 9.59 Å². The Balaban J connectivity index is 2.95. The van der Waals surface area contributed by atoms with Crippen molar-refractivity contribution in [2.24, 2.45) is 11.3 Å². The first-order chi connectivity index (χ1) is 6.45. The van der Waals surface area contributed by atoms with E-state index in [1.165, 1.54) is 14.2 Å². The Bertz CT molecular complexity index is 262. The molecule has 80 valence electrons. The van der Waals surface area contributed by atoms with Gasteiger partial charge in [0.2, 0.25) is 5.91 Å². The second-order valence-corrected chi connectivity index (χ2v) is 3.90. The van der Waals surface area contributed by atoms with Gasteiger partial charge in [-0.25, -0.2) is 0 Å². The number of hydrogen-bond acceptors (Lipinski definition) is 4. The molecule has 0 bridgehead atoms. The Kier molecular flexibility index (Phi) is 2.80. The molecule has 1 fully saturated rings.